The van der Waals surface area contributed by atoms with Crippen LogP contribution in [0.15, 0.2) is 23.1 Å². The maximum Gasteiger partial charge on any atom is 0.123 e. The van der Waals surface area contributed by atoms with Crippen molar-refractivity contribution in [2.75, 3.05) is 20.0 Å². The van der Waals surface area contributed by atoms with Crippen molar-refractivity contribution in [1.29, 1.82) is 0 Å². The normalized spacial score (nSPS) is 33.8. The van der Waals surface area contributed by atoms with E-state index >= 15 is 0 Å². The Morgan fingerprint density at radius 2 is 1.67 bits per heavy atom. The lowest BCUT2D eigenvalue weighted by molar-refractivity contribution is -0.0853. The summed E-state index contributed by atoms with van der Waals surface area (Å²) >= 11 is 0. The Hall–Kier alpha value is -1.03. The highest BCUT2D eigenvalue weighted by atomic mass is 32.2. The van der Waals surface area contributed by atoms with Crippen LogP contribution >= 0.6 is 0 Å². The monoisotopic (exact) mass is 392 g/mol. The topological polar surface area (TPSA) is 35.5 Å². The molecule has 5 unspecified atom stereocenters. The molecule has 3 rings (SSSR count). The van der Waals surface area contributed by atoms with E-state index < -0.39 is 10.8 Å². The van der Waals surface area contributed by atoms with E-state index in [1.165, 1.54) is 32.1 Å². The molecule has 0 heterocycles. The Morgan fingerprint density at radius 3 is 2.26 bits per heavy atom. The number of methoxy groups -OCH3 is 2. The molecule has 0 aromatic heterocycles. The Labute approximate surface area is 167 Å². The SMILES string of the molecule is COc1cc(OC)cc(S(=O)CC2C(C)CCC3C(C)(C)CCCC23C)c1. The minimum Gasteiger partial charge on any atom is -0.497 e. The van der Waals surface area contributed by atoms with Gasteiger partial charge < -0.3 is 9.47 Å². The van der Waals surface area contributed by atoms with Crippen LogP contribution in [0.4, 0.5) is 0 Å². The molecule has 4 heteroatoms. The third-order valence-corrected chi connectivity index (χ3v) is 9.06. The zero-order chi connectivity index (χ0) is 19.8. The minimum atomic E-state index is -1.05. The standard InChI is InChI=1S/C23H36O3S/c1-16-8-9-21-22(2,3)10-7-11-23(21,4)20(16)15-27(24)19-13-17(25-5)12-18(14-19)26-6/h12-14,16,20-21H,7-11,15H2,1-6H3. The lowest BCUT2D eigenvalue weighted by Crippen LogP contribution is -2.52. The van der Waals surface area contributed by atoms with Gasteiger partial charge in [-0.3, -0.25) is 4.21 Å². The summed E-state index contributed by atoms with van der Waals surface area (Å²) in [5.41, 5.74) is 0.685. The van der Waals surface area contributed by atoms with Crippen molar-refractivity contribution in [3.8, 4) is 11.5 Å². The van der Waals surface area contributed by atoms with Crippen LogP contribution in [0, 0.1) is 28.6 Å². The van der Waals surface area contributed by atoms with Crippen LogP contribution in [0.2, 0.25) is 0 Å². The van der Waals surface area contributed by atoms with Gasteiger partial charge in [-0.2, -0.15) is 0 Å². The van der Waals surface area contributed by atoms with E-state index in [9.17, 15) is 4.21 Å². The largest absolute Gasteiger partial charge is 0.497 e. The van der Waals surface area contributed by atoms with Gasteiger partial charge in [-0.05, 0) is 60.0 Å². The highest BCUT2D eigenvalue weighted by molar-refractivity contribution is 7.85. The molecule has 0 amide bonds. The average Bonchev–Trinajstić information content (AvgIpc) is 2.63. The molecule has 0 spiro atoms. The molecule has 2 aliphatic carbocycles. The summed E-state index contributed by atoms with van der Waals surface area (Å²) in [6.07, 6.45) is 6.47. The van der Waals surface area contributed by atoms with Gasteiger partial charge in [0.15, 0.2) is 0 Å². The zero-order valence-corrected chi connectivity index (χ0v) is 18.7. The number of ether oxygens (including phenoxy) is 2. The first-order chi connectivity index (χ1) is 12.7. The van der Waals surface area contributed by atoms with Crippen molar-refractivity contribution < 1.29 is 13.7 Å². The van der Waals surface area contributed by atoms with Crippen molar-refractivity contribution >= 4 is 10.8 Å². The van der Waals surface area contributed by atoms with Crippen LogP contribution in [-0.2, 0) is 10.8 Å². The van der Waals surface area contributed by atoms with Crippen LogP contribution in [0.1, 0.15) is 59.8 Å². The number of hydrogen-bond acceptors (Lipinski definition) is 3. The molecule has 0 saturated heterocycles. The number of benzene rings is 1. The number of fused-ring (bicyclic) bond motifs is 1. The molecule has 152 valence electrons. The van der Waals surface area contributed by atoms with Crippen molar-refractivity contribution in [2.45, 2.75) is 64.7 Å². The quantitative estimate of drug-likeness (QED) is 0.646. The highest BCUT2D eigenvalue weighted by Gasteiger charge is 2.53. The second-order valence-electron chi connectivity index (χ2n) is 9.62. The van der Waals surface area contributed by atoms with Gasteiger partial charge in [0, 0.05) is 16.7 Å². The average molecular weight is 393 g/mol. The molecular formula is C23H36O3S. The second-order valence-corrected chi connectivity index (χ2v) is 11.1. The minimum absolute atomic E-state index is 0.290. The van der Waals surface area contributed by atoms with Crippen LogP contribution in [-0.4, -0.2) is 24.2 Å². The first-order valence-electron chi connectivity index (χ1n) is 10.3. The fourth-order valence-corrected chi connectivity index (χ4v) is 7.86. The molecule has 2 fully saturated rings. The Kier molecular flexibility index (Phi) is 5.96. The van der Waals surface area contributed by atoms with Gasteiger partial charge in [-0.25, -0.2) is 0 Å². The fraction of sp³-hybridized carbons (Fsp3) is 0.739. The molecule has 1 aromatic carbocycles. The molecule has 27 heavy (non-hydrogen) atoms. The predicted molar refractivity (Wildman–Crippen MR) is 112 cm³/mol. The summed E-state index contributed by atoms with van der Waals surface area (Å²) in [5.74, 6) is 4.00. The van der Waals surface area contributed by atoms with Gasteiger partial charge in [0.05, 0.1) is 25.0 Å². The Bertz CT molecular complexity index is 677. The smallest absolute Gasteiger partial charge is 0.123 e. The summed E-state index contributed by atoms with van der Waals surface area (Å²) in [6, 6.07) is 5.64. The lowest BCUT2D eigenvalue weighted by Gasteiger charge is -2.59. The second kappa shape index (κ2) is 7.77. The first kappa shape index (κ1) is 20.7. The molecule has 3 nitrogen and oxygen atoms in total. The van der Waals surface area contributed by atoms with Crippen molar-refractivity contribution in [1.82, 2.24) is 0 Å². The molecule has 0 radical (unpaired) electrons. The summed E-state index contributed by atoms with van der Waals surface area (Å²) in [7, 11) is 2.23. The zero-order valence-electron chi connectivity index (χ0n) is 17.8. The van der Waals surface area contributed by atoms with E-state index in [1.807, 2.05) is 18.2 Å². The van der Waals surface area contributed by atoms with E-state index in [1.54, 1.807) is 14.2 Å². The van der Waals surface area contributed by atoms with Crippen LogP contribution in [0.25, 0.3) is 0 Å². The Morgan fingerprint density at radius 1 is 1.04 bits per heavy atom. The molecule has 2 aliphatic rings. The van der Waals surface area contributed by atoms with E-state index in [4.69, 9.17) is 9.47 Å². The molecule has 2 saturated carbocycles. The number of hydrogen-bond donors (Lipinski definition) is 0. The molecular weight excluding hydrogens is 356 g/mol. The lowest BCUT2D eigenvalue weighted by atomic mass is 9.47. The van der Waals surface area contributed by atoms with E-state index in [-0.39, 0.29) is 5.41 Å². The summed E-state index contributed by atoms with van der Waals surface area (Å²) < 4.78 is 24.1. The summed E-state index contributed by atoms with van der Waals surface area (Å²) in [5, 5.41) is 0. The van der Waals surface area contributed by atoms with Crippen molar-refractivity contribution in [2.24, 2.45) is 28.6 Å². The molecule has 0 bridgehead atoms. The predicted octanol–water partition coefficient (Wildman–Crippen LogP) is 5.69. The molecule has 5 atom stereocenters. The first-order valence-corrected chi connectivity index (χ1v) is 11.6. The van der Waals surface area contributed by atoms with Crippen LogP contribution < -0.4 is 9.47 Å². The van der Waals surface area contributed by atoms with E-state index in [0.29, 0.717) is 28.7 Å². The van der Waals surface area contributed by atoms with Gasteiger partial charge in [0.2, 0.25) is 0 Å². The van der Waals surface area contributed by atoms with E-state index in [0.717, 1.165) is 16.6 Å². The van der Waals surface area contributed by atoms with Gasteiger partial charge in [-0.15, -0.1) is 0 Å². The van der Waals surface area contributed by atoms with Gasteiger partial charge in [0.25, 0.3) is 0 Å². The third kappa shape index (κ3) is 3.92. The highest BCUT2D eigenvalue weighted by Crippen LogP contribution is 2.61. The van der Waals surface area contributed by atoms with Crippen molar-refractivity contribution in [3.63, 3.8) is 0 Å². The third-order valence-electron chi connectivity index (χ3n) is 7.64. The molecule has 1 aromatic rings. The van der Waals surface area contributed by atoms with Gasteiger partial charge in [0.1, 0.15) is 11.5 Å². The molecule has 0 N–H and O–H groups in total. The maximum atomic E-state index is 13.4. The maximum absolute atomic E-state index is 13.4. The Balaban J connectivity index is 1.88. The number of rotatable bonds is 5. The van der Waals surface area contributed by atoms with Gasteiger partial charge in [-0.1, -0.05) is 40.5 Å². The summed E-state index contributed by atoms with van der Waals surface area (Å²) in [4.78, 5) is 0.819. The van der Waals surface area contributed by atoms with E-state index in [2.05, 4.69) is 27.7 Å². The van der Waals surface area contributed by atoms with Gasteiger partial charge >= 0.3 is 0 Å². The van der Waals surface area contributed by atoms with Crippen LogP contribution in [0.3, 0.4) is 0 Å². The fourth-order valence-electron chi connectivity index (χ4n) is 6.14. The van der Waals surface area contributed by atoms with Crippen LogP contribution in [0.5, 0.6) is 11.5 Å². The molecule has 0 aliphatic heterocycles. The van der Waals surface area contributed by atoms with Crippen molar-refractivity contribution in [3.05, 3.63) is 18.2 Å². The summed E-state index contributed by atoms with van der Waals surface area (Å²) in [6.45, 7) is 9.76.